The van der Waals surface area contributed by atoms with E-state index in [1.807, 2.05) is 36.4 Å². The third-order valence-corrected chi connectivity index (χ3v) is 10.2. The topological polar surface area (TPSA) is 63.6 Å². The van der Waals surface area contributed by atoms with Crippen molar-refractivity contribution >= 4 is 22.0 Å². The molecule has 2 aromatic rings. The summed E-state index contributed by atoms with van der Waals surface area (Å²) in [4.78, 5) is 0.410. The molecular formula is C39H62O4S. The van der Waals surface area contributed by atoms with E-state index in [4.69, 9.17) is 9.84 Å². The summed E-state index contributed by atoms with van der Waals surface area (Å²) in [7, 11) is -3.24. The van der Waals surface area contributed by atoms with E-state index in [-0.39, 0.29) is 12.4 Å². The van der Waals surface area contributed by atoms with Crippen molar-refractivity contribution in [3.05, 3.63) is 59.7 Å². The SMILES string of the molecule is CCCCCCCCCCCCCCOc1ccc(C=Cc2ccc(S(=O)(=O)CCCCCCCCCCCO)cc2)cc1. The summed E-state index contributed by atoms with van der Waals surface area (Å²) in [5.74, 6) is 1.13. The van der Waals surface area contributed by atoms with E-state index < -0.39 is 9.84 Å². The smallest absolute Gasteiger partial charge is 0.178 e. The van der Waals surface area contributed by atoms with Gasteiger partial charge in [-0.25, -0.2) is 8.42 Å². The minimum atomic E-state index is -3.24. The first-order chi connectivity index (χ1) is 21.5. The highest BCUT2D eigenvalue weighted by Gasteiger charge is 2.13. The minimum Gasteiger partial charge on any atom is -0.494 e. The number of hydrogen-bond acceptors (Lipinski definition) is 4. The summed E-state index contributed by atoms with van der Waals surface area (Å²) in [5.41, 5.74) is 2.07. The van der Waals surface area contributed by atoms with Gasteiger partial charge in [-0.05, 0) is 54.7 Å². The maximum atomic E-state index is 12.7. The fraction of sp³-hybridized carbons (Fsp3) is 0.641. The number of benzene rings is 2. The summed E-state index contributed by atoms with van der Waals surface area (Å²) >= 11 is 0. The standard InChI is InChI=1S/C39H62O4S/c1-2-3-4-5-6-7-8-9-12-15-18-21-34-43-38-29-25-36(26-30-38)23-24-37-27-31-39(32-28-37)44(41,42)35-22-19-16-13-10-11-14-17-20-33-40/h23-32,40H,2-22,33-35H2,1H3. The van der Waals surface area contributed by atoms with E-state index in [0.29, 0.717) is 11.3 Å². The molecule has 0 aliphatic heterocycles. The first-order valence-corrected chi connectivity index (χ1v) is 19.5. The second-order valence-corrected chi connectivity index (χ2v) is 14.5. The Labute approximate surface area is 270 Å². The Morgan fingerprint density at radius 1 is 0.545 bits per heavy atom. The Morgan fingerprint density at radius 2 is 0.955 bits per heavy atom. The van der Waals surface area contributed by atoms with Crippen molar-refractivity contribution in [3.63, 3.8) is 0 Å². The van der Waals surface area contributed by atoms with Gasteiger partial charge in [0, 0.05) is 6.61 Å². The third-order valence-electron chi connectivity index (χ3n) is 8.43. The number of hydrogen-bond donors (Lipinski definition) is 1. The van der Waals surface area contributed by atoms with Crippen molar-refractivity contribution in [3.8, 4) is 5.75 Å². The van der Waals surface area contributed by atoms with Gasteiger partial charge in [0.1, 0.15) is 5.75 Å². The van der Waals surface area contributed by atoms with Crippen molar-refractivity contribution in [2.24, 2.45) is 0 Å². The number of sulfone groups is 1. The molecule has 0 unspecified atom stereocenters. The Balaban J connectivity index is 1.57. The van der Waals surface area contributed by atoms with Crippen LogP contribution in [0.2, 0.25) is 0 Å². The van der Waals surface area contributed by atoms with Crippen molar-refractivity contribution in [2.75, 3.05) is 19.0 Å². The van der Waals surface area contributed by atoms with E-state index in [2.05, 4.69) is 19.1 Å². The summed E-state index contributed by atoms with van der Waals surface area (Å²) in [6, 6.07) is 15.4. The molecule has 0 spiro atoms. The van der Waals surface area contributed by atoms with Gasteiger partial charge in [-0.1, -0.05) is 159 Å². The van der Waals surface area contributed by atoms with E-state index >= 15 is 0 Å². The second kappa shape index (κ2) is 25.1. The Morgan fingerprint density at radius 3 is 1.43 bits per heavy atom. The molecule has 0 atom stereocenters. The quantitative estimate of drug-likeness (QED) is 0.0754. The summed E-state index contributed by atoms with van der Waals surface area (Å²) in [6.07, 6.45) is 29.7. The summed E-state index contributed by atoms with van der Waals surface area (Å²) in [6.45, 7) is 3.34. The van der Waals surface area contributed by atoms with Crippen LogP contribution in [0.5, 0.6) is 5.75 Å². The molecule has 0 amide bonds. The lowest BCUT2D eigenvalue weighted by molar-refractivity contribution is 0.282. The zero-order chi connectivity index (χ0) is 31.6. The van der Waals surface area contributed by atoms with Crippen molar-refractivity contribution in [1.29, 1.82) is 0 Å². The highest BCUT2D eigenvalue weighted by molar-refractivity contribution is 7.91. The van der Waals surface area contributed by atoms with Crippen LogP contribution in [-0.2, 0) is 9.84 Å². The predicted molar refractivity (Wildman–Crippen MR) is 189 cm³/mol. The second-order valence-electron chi connectivity index (χ2n) is 12.4. The number of unbranched alkanes of at least 4 members (excludes halogenated alkanes) is 19. The van der Waals surface area contributed by atoms with Gasteiger partial charge in [0.05, 0.1) is 17.3 Å². The molecule has 0 radical (unpaired) electrons. The molecule has 0 fully saturated rings. The normalized spacial score (nSPS) is 11.9. The van der Waals surface area contributed by atoms with Crippen LogP contribution in [0, 0.1) is 0 Å². The third kappa shape index (κ3) is 18.6. The number of ether oxygens (including phenoxy) is 1. The molecule has 0 aromatic heterocycles. The van der Waals surface area contributed by atoms with Crippen LogP contribution in [0.3, 0.4) is 0 Å². The van der Waals surface area contributed by atoms with Crippen molar-refractivity contribution in [2.45, 2.75) is 147 Å². The molecule has 1 N–H and O–H groups in total. The zero-order valence-electron chi connectivity index (χ0n) is 27.8. The Hall–Kier alpha value is -2.11. The van der Waals surface area contributed by atoms with Gasteiger partial charge in [0.25, 0.3) is 0 Å². The lowest BCUT2D eigenvalue weighted by atomic mass is 10.1. The van der Waals surface area contributed by atoms with E-state index in [1.165, 1.54) is 89.9 Å². The first kappa shape index (κ1) is 38.1. The molecule has 5 heteroatoms. The van der Waals surface area contributed by atoms with Gasteiger partial charge in [0.2, 0.25) is 0 Å². The van der Waals surface area contributed by atoms with Crippen LogP contribution >= 0.6 is 0 Å². The fourth-order valence-electron chi connectivity index (χ4n) is 5.55. The average molecular weight is 627 g/mol. The van der Waals surface area contributed by atoms with E-state index in [1.54, 1.807) is 12.1 Å². The van der Waals surface area contributed by atoms with Gasteiger partial charge in [0.15, 0.2) is 9.84 Å². The molecule has 0 aliphatic carbocycles. The zero-order valence-corrected chi connectivity index (χ0v) is 28.6. The van der Waals surface area contributed by atoms with Crippen LogP contribution in [0.1, 0.15) is 153 Å². The first-order valence-electron chi connectivity index (χ1n) is 17.9. The van der Waals surface area contributed by atoms with E-state index in [0.717, 1.165) is 62.0 Å². The van der Waals surface area contributed by atoms with Gasteiger partial charge in [-0.2, -0.15) is 0 Å². The van der Waals surface area contributed by atoms with E-state index in [9.17, 15) is 8.42 Å². The van der Waals surface area contributed by atoms with Crippen LogP contribution in [0.4, 0.5) is 0 Å². The molecule has 0 bridgehead atoms. The van der Waals surface area contributed by atoms with Crippen molar-refractivity contribution < 1.29 is 18.3 Å². The molecule has 0 saturated carbocycles. The van der Waals surface area contributed by atoms with Crippen LogP contribution in [-0.4, -0.2) is 32.5 Å². The summed E-state index contributed by atoms with van der Waals surface area (Å²) < 4.78 is 31.4. The molecular weight excluding hydrogens is 564 g/mol. The highest BCUT2D eigenvalue weighted by atomic mass is 32.2. The van der Waals surface area contributed by atoms with Crippen LogP contribution in [0.25, 0.3) is 12.2 Å². The number of aliphatic hydroxyl groups excluding tert-OH is 1. The average Bonchev–Trinajstić information content (AvgIpc) is 3.04. The maximum Gasteiger partial charge on any atom is 0.178 e. The number of rotatable bonds is 28. The fourth-order valence-corrected chi connectivity index (χ4v) is 6.92. The highest BCUT2D eigenvalue weighted by Crippen LogP contribution is 2.19. The van der Waals surface area contributed by atoms with Gasteiger partial charge >= 0.3 is 0 Å². The monoisotopic (exact) mass is 626 g/mol. The molecule has 2 aromatic carbocycles. The summed E-state index contributed by atoms with van der Waals surface area (Å²) in [5, 5.41) is 8.81. The molecule has 0 saturated heterocycles. The lowest BCUT2D eigenvalue weighted by Gasteiger charge is -2.07. The minimum absolute atomic E-state index is 0.215. The van der Waals surface area contributed by atoms with Crippen LogP contribution in [0.15, 0.2) is 53.4 Å². The molecule has 248 valence electrons. The molecule has 2 rings (SSSR count). The van der Waals surface area contributed by atoms with Gasteiger partial charge in [-0.3, -0.25) is 0 Å². The predicted octanol–water partition coefficient (Wildman–Crippen LogP) is 11.2. The Bertz CT molecular complexity index is 1070. The largest absolute Gasteiger partial charge is 0.494 e. The Kier molecular flexibility index (Phi) is 21.7. The van der Waals surface area contributed by atoms with Gasteiger partial charge in [-0.15, -0.1) is 0 Å². The maximum absolute atomic E-state index is 12.7. The molecule has 0 heterocycles. The van der Waals surface area contributed by atoms with Crippen molar-refractivity contribution in [1.82, 2.24) is 0 Å². The molecule has 44 heavy (non-hydrogen) atoms. The molecule has 0 aliphatic rings. The number of aliphatic hydroxyl groups is 1. The van der Waals surface area contributed by atoms with Crippen LogP contribution < -0.4 is 4.74 Å². The molecule has 4 nitrogen and oxygen atoms in total. The van der Waals surface area contributed by atoms with Gasteiger partial charge < -0.3 is 9.84 Å². The lowest BCUT2D eigenvalue weighted by Crippen LogP contribution is -2.06.